The molecule has 0 saturated carbocycles. The van der Waals surface area contributed by atoms with Gasteiger partial charge in [0.25, 0.3) is 5.91 Å². The van der Waals surface area contributed by atoms with E-state index in [1.165, 1.54) is 16.9 Å². The minimum atomic E-state index is 0.0201. The second-order valence-corrected chi connectivity index (χ2v) is 7.96. The molecule has 1 aliphatic carbocycles. The van der Waals surface area contributed by atoms with Gasteiger partial charge >= 0.3 is 0 Å². The van der Waals surface area contributed by atoms with Crippen LogP contribution in [0.2, 0.25) is 0 Å². The molecule has 5 nitrogen and oxygen atoms in total. The molecular weight excluding hydrogens is 334 g/mol. The van der Waals surface area contributed by atoms with Crippen LogP contribution in [0.15, 0.2) is 24.5 Å². The molecule has 1 fully saturated rings. The number of likely N-dealkylation sites (N-methyl/N-ethyl adjacent to an activating group) is 1. The molecule has 2 aromatic heterocycles. The van der Waals surface area contributed by atoms with E-state index in [4.69, 9.17) is 0 Å². The summed E-state index contributed by atoms with van der Waals surface area (Å²) in [4.78, 5) is 30.4. The number of rotatable bonds is 2. The highest BCUT2D eigenvalue weighted by atomic mass is 32.1. The maximum atomic E-state index is 13.4. The maximum absolute atomic E-state index is 13.4. The smallest absolute Gasteiger partial charge is 0.257 e. The highest BCUT2D eigenvalue weighted by Crippen LogP contribution is 2.37. The highest BCUT2D eigenvalue weighted by Gasteiger charge is 2.31. The van der Waals surface area contributed by atoms with Crippen LogP contribution in [0.1, 0.15) is 40.1 Å². The Morgan fingerprint density at radius 3 is 2.64 bits per heavy atom. The summed E-state index contributed by atoms with van der Waals surface area (Å²) in [6.07, 6.45) is 9.18. The van der Waals surface area contributed by atoms with Crippen molar-refractivity contribution in [1.82, 2.24) is 14.4 Å². The van der Waals surface area contributed by atoms with Crippen molar-refractivity contribution < 1.29 is 9.59 Å². The zero-order valence-corrected chi connectivity index (χ0v) is 15.3. The van der Waals surface area contributed by atoms with Gasteiger partial charge in [-0.25, -0.2) is 0 Å². The van der Waals surface area contributed by atoms with Crippen molar-refractivity contribution in [2.75, 3.05) is 26.7 Å². The van der Waals surface area contributed by atoms with E-state index in [-0.39, 0.29) is 18.4 Å². The minimum Gasteiger partial charge on any atom is -0.344 e. The topological polar surface area (TPSA) is 45.5 Å². The minimum absolute atomic E-state index is 0.0201. The molecule has 0 N–H and O–H groups in total. The number of thiophene rings is 1. The van der Waals surface area contributed by atoms with Crippen molar-refractivity contribution >= 4 is 23.2 Å². The van der Waals surface area contributed by atoms with Gasteiger partial charge in [0.2, 0.25) is 5.91 Å². The number of fused-ring (bicyclic) bond motifs is 1. The van der Waals surface area contributed by atoms with Crippen LogP contribution in [0, 0.1) is 0 Å². The van der Waals surface area contributed by atoms with E-state index < -0.39 is 0 Å². The van der Waals surface area contributed by atoms with Gasteiger partial charge in [-0.2, -0.15) is 0 Å². The van der Waals surface area contributed by atoms with Crippen molar-refractivity contribution in [3.8, 4) is 5.00 Å². The second-order valence-electron chi connectivity index (χ2n) is 6.88. The number of hydrogen-bond donors (Lipinski definition) is 0. The third-order valence-corrected chi connectivity index (χ3v) is 6.47. The van der Waals surface area contributed by atoms with Crippen LogP contribution in [-0.4, -0.2) is 52.9 Å². The van der Waals surface area contributed by atoms with Gasteiger partial charge in [0.05, 0.1) is 5.56 Å². The van der Waals surface area contributed by atoms with Gasteiger partial charge in [0, 0.05) is 37.4 Å². The predicted molar refractivity (Wildman–Crippen MR) is 98.4 cm³/mol. The Labute approximate surface area is 151 Å². The normalized spacial score (nSPS) is 18.2. The molecule has 0 atom stereocenters. The van der Waals surface area contributed by atoms with Crippen molar-refractivity contribution in [3.05, 3.63) is 40.5 Å². The molecule has 2 aromatic rings. The molecule has 6 heteroatoms. The van der Waals surface area contributed by atoms with Crippen LogP contribution >= 0.6 is 11.3 Å². The van der Waals surface area contributed by atoms with E-state index in [9.17, 15) is 9.59 Å². The van der Waals surface area contributed by atoms with Crippen molar-refractivity contribution in [3.63, 3.8) is 0 Å². The number of amides is 2. The van der Waals surface area contributed by atoms with E-state index >= 15 is 0 Å². The Balaban J connectivity index is 1.74. The second kappa shape index (κ2) is 6.67. The van der Waals surface area contributed by atoms with Crippen molar-refractivity contribution in [2.24, 2.45) is 0 Å². The molecule has 0 unspecified atom stereocenters. The summed E-state index contributed by atoms with van der Waals surface area (Å²) < 4.78 is 2.04. The first kappa shape index (κ1) is 16.4. The first-order chi connectivity index (χ1) is 12.1. The van der Waals surface area contributed by atoms with Gasteiger partial charge in [-0.3, -0.25) is 9.59 Å². The van der Waals surface area contributed by atoms with Gasteiger partial charge in [-0.05, 0) is 49.8 Å². The standard InChI is InChI=1S/C19H23N3O2S/c1-20-9-6-12-22(13-16(20)23)18(24)17-14-7-2-3-8-15(14)25-19(17)21-10-4-5-11-21/h4-5,10-11H,2-3,6-9,12-13H2,1H3. The molecule has 0 bridgehead atoms. The number of carbonyl (C=O) groups is 2. The van der Waals surface area contributed by atoms with Crippen LogP contribution in [0.4, 0.5) is 0 Å². The molecule has 2 aliphatic rings. The van der Waals surface area contributed by atoms with Gasteiger partial charge < -0.3 is 14.4 Å². The van der Waals surface area contributed by atoms with Gasteiger partial charge in [-0.1, -0.05) is 0 Å². The maximum Gasteiger partial charge on any atom is 0.257 e. The lowest BCUT2D eigenvalue weighted by Crippen LogP contribution is -2.38. The Bertz CT molecular complexity index is 794. The average molecular weight is 357 g/mol. The zero-order chi connectivity index (χ0) is 17.4. The summed E-state index contributed by atoms with van der Waals surface area (Å²) in [5, 5.41) is 1.01. The fourth-order valence-electron chi connectivity index (χ4n) is 3.74. The molecule has 0 spiro atoms. The van der Waals surface area contributed by atoms with Crippen LogP contribution in [0.5, 0.6) is 0 Å². The fraction of sp³-hybridized carbons (Fsp3) is 0.474. The third-order valence-electron chi connectivity index (χ3n) is 5.17. The number of aryl methyl sites for hydroxylation is 1. The number of aromatic nitrogens is 1. The molecule has 3 heterocycles. The summed E-state index contributed by atoms with van der Waals surface area (Å²) in [6.45, 7) is 1.55. The Morgan fingerprint density at radius 1 is 1.08 bits per heavy atom. The van der Waals surface area contributed by atoms with Crippen LogP contribution < -0.4 is 0 Å². The van der Waals surface area contributed by atoms with Crippen LogP contribution in [0.3, 0.4) is 0 Å². The summed E-state index contributed by atoms with van der Waals surface area (Å²) >= 11 is 1.74. The molecule has 0 aromatic carbocycles. The summed E-state index contributed by atoms with van der Waals surface area (Å²) in [7, 11) is 1.81. The lowest BCUT2D eigenvalue weighted by atomic mass is 9.95. The third kappa shape index (κ3) is 2.99. The molecule has 132 valence electrons. The van der Waals surface area contributed by atoms with E-state index in [0.29, 0.717) is 6.54 Å². The summed E-state index contributed by atoms with van der Waals surface area (Å²) in [6, 6.07) is 3.97. The summed E-state index contributed by atoms with van der Waals surface area (Å²) in [5.41, 5.74) is 2.04. The largest absolute Gasteiger partial charge is 0.344 e. The first-order valence-corrected chi connectivity index (χ1v) is 9.78. The van der Waals surface area contributed by atoms with E-state index in [1.807, 2.05) is 36.1 Å². The molecule has 1 aliphatic heterocycles. The monoisotopic (exact) mass is 357 g/mol. The van der Waals surface area contributed by atoms with Gasteiger partial charge in [-0.15, -0.1) is 11.3 Å². The molecular formula is C19H23N3O2S. The fourth-order valence-corrected chi connectivity index (χ4v) is 5.09. The van der Waals surface area contributed by atoms with Crippen molar-refractivity contribution in [1.29, 1.82) is 0 Å². The molecule has 1 saturated heterocycles. The zero-order valence-electron chi connectivity index (χ0n) is 14.5. The average Bonchev–Trinajstić information content (AvgIpc) is 3.23. The molecule has 2 amide bonds. The Morgan fingerprint density at radius 2 is 1.84 bits per heavy atom. The summed E-state index contributed by atoms with van der Waals surface area (Å²) in [5.74, 6) is 0.0456. The highest BCUT2D eigenvalue weighted by molar-refractivity contribution is 7.15. The Hall–Kier alpha value is -2.08. The van der Waals surface area contributed by atoms with E-state index in [1.54, 1.807) is 21.1 Å². The van der Waals surface area contributed by atoms with Gasteiger partial charge in [0.15, 0.2) is 0 Å². The molecule has 25 heavy (non-hydrogen) atoms. The lowest BCUT2D eigenvalue weighted by molar-refractivity contribution is -0.129. The molecule has 4 rings (SSSR count). The van der Waals surface area contributed by atoms with Gasteiger partial charge in [0.1, 0.15) is 11.5 Å². The number of nitrogens with zero attached hydrogens (tertiary/aromatic N) is 3. The first-order valence-electron chi connectivity index (χ1n) is 8.96. The lowest BCUT2D eigenvalue weighted by Gasteiger charge is -2.22. The SMILES string of the molecule is CN1CCCN(C(=O)c2c(-n3cccc3)sc3c2CCCC3)CC1=O. The van der Waals surface area contributed by atoms with Crippen LogP contribution in [-0.2, 0) is 17.6 Å². The van der Waals surface area contributed by atoms with Crippen LogP contribution in [0.25, 0.3) is 5.00 Å². The van der Waals surface area contributed by atoms with Crippen molar-refractivity contribution in [2.45, 2.75) is 32.1 Å². The number of carbonyl (C=O) groups excluding carboxylic acids is 2. The Kier molecular flexibility index (Phi) is 4.37. The quantitative estimate of drug-likeness (QED) is 0.830. The number of hydrogen-bond acceptors (Lipinski definition) is 3. The predicted octanol–water partition coefficient (Wildman–Crippen LogP) is 2.72. The van der Waals surface area contributed by atoms with E-state index in [0.717, 1.165) is 42.8 Å². The van der Waals surface area contributed by atoms with E-state index in [2.05, 4.69) is 0 Å². The molecule has 0 radical (unpaired) electrons.